The number of amides is 2. The molecule has 6 nitrogen and oxygen atoms in total. The normalized spacial score (nSPS) is 11.0. The number of anilines is 1. The SMILES string of the molecule is Cc1ccc(S(=O)(=O)NNC(=O)Nc2ccccc2)c(C)c1.[HH].[HH].[HH]. The lowest BCUT2D eigenvalue weighted by molar-refractivity contribution is 0.250. The van der Waals surface area contributed by atoms with Crippen molar-refractivity contribution in [2.45, 2.75) is 18.7 Å². The topological polar surface area (TPSA) is 87.3 Å². The second kappa shape index (κ2) is 6.59. The second-order valence-electron chi connectivity index (χ2n) is 4.82. The minimum atomic E-state index is -3.82. The monoisotopic (exact) mass is 325 g/mol. The van der Waals surface area contributed by atoms with Crippen molar-refractivity contribution in [3.63, 3.8) is 0 Å². The summed E-state index contributed by atoms with van der Waals surface area (Å²) in [4.78, 5) is 13.9. The van der Waals surface area contributed by atoms with E-state index >= 15 is 0 Å². The van der Waals surface area contributed by atoms with Crippen LogP contribution in [0.3, 0.4) is 0 Å². The molecule has 0 atom stereocenters. The summed E-state index contributed by atoms with van der Waals surface area (Å²) in [5.41, 5.74) is 4.26. The van der Waals surface area contributed by atoms with Crippen LogP contribution in [0.2, 0.25) is 0 Å². The Bertz CT molecular complexity index is 787. The predicted octanol–water partition coefficient (Wildman–Crippen LogP) is 3.06. The summed E-state index contributed by atoms with van der Waals surface area (Å²) in [5, 5.41) is 2.51. The van der Waals surface area contributed by atoms with Crippen LogP contribution in [0.4, 0.5) is 10.5 Å². The Morgan fingerprint density at radius 1 is 1.05 bits per heavy atom. The van der Waals surface area contributed by atoms with E-state index < -0.39 is 16.1 Å². The number of aryl methyl sites for hydroxylation is 2. The number of hydrogen-bond acceptors (Lipinski definition) is 3. The number of sulfonamides is 1. The van der Waals surface area contributed by atoms with Gasteiger partial charge in [0.05, 0.1) is 4.90 Å². The first-order valence-electron chi connectivity index (χ1n) is 6.59. The number of hydrazine groups is 1. The first-order chi connectivity index (χ1) is 10.4. The van der Waals surface area contributed by atoms with Crippen LogP contribution in [0.15, 0.2) is 53.4 Å². The van der Waals surface area contributed by atoms with Crippen molar-refractivity contribution >= 4 is 21.7 Å². The maximum atomic E-state index is 12.2. The Balaban J connectivity index is 0. The minimum absolute atomic E-state index is 0. The van der Waals surface area contributed by atoms with Crippen LogP contribution in [-0.4, -0.2) is 14.4 Å². The maximum absolute atomic E-state index is 12.2. The van der Waals surface area contributed by atoms with Crippen molar-refractivity contribution in [3.05, 3.63) is 59.7 Å². The molecule has 0 aliphatic rings. The van der Waals surface area contributed by atoms with Crippen molar-refractivity contribution < 1.29 is 17.5 Å². The van der Waals surface area contributed by atoms with Gasteiger partial charge in [-0.05, 0) is 37.6 Å². The number of urea groups is 1. The summed E-state index contributed by atoms with van der Waals surface area (Å²) in [5.74, 6) is 0. The average Bonchev–Trinajstić information content (AvgIpc) is 2.46. The molecule has 2 amide bonds. The molecule has 7 heteroatoms. The zero-order valence-corrected chi connectivity index (χ0v) is 13.1. The number of carbonyl (C=O) groups is 1. The van der Waals surface area contributed by atoms with Gasteiger partial charge in [-0.25, -0.2) is 13.2 Å². The second-order valence-corrected chi connectivity index (χ2v) is 6.47. The molecule has 0 aromatic heterocycles. The van der Waals surface area contributed by atoms with E-state index in [1.165, 1.54) is 6.07 Å². The molecule has 0 aliphatic heterocycles. The number of hydrogen-bond donors (Lipinski definition) is 3. The molecule has 0 unspecified atom stereocenters. The van der Waals surface area contributed by atoms with E-state index in [1.54, 1.807) is 43.3 Å². The molecule has 122 valence electrons. The smallest absolute Gasteiger partial charge is 0.307 e. The van der Waals surface area contributed by atoms with Crippen LogP contribution in [0, 0.1) is 13.8 Å². The minimum Gasteiger partial charge on any atom is -0.307 e. The fourth-order valence-corrected chi connectivity index (χ4v) is 3.02. The highest BCUT2D eigenvalue weighted by Crippen LogP contribution is 2.15. The summed E-state index contributed by atoms with van der Waals surface area (Å²) in [6, 6.07) is 13.0. The molecule has 3 N–H and O–H groups in total. The first kappa shape index (κ1) is 16.0. The lowest BCUT2D eigenvalue weighted by atomic mass is 10.2. The van der Waals surface area contributed by atoms with Gasteiger partial charge in [-0.2, -0.15) is 0 Å². The van der Waals surface area contributed by atoms with E-state index in [-0.39, 0.29) is 9.18 Å². The molecule has 2 aromatic rings. The number of nitrogens with one attached hydrogen (secondary N) is 3. The van der Waals surface area contributed by atoms with E-state index in [0.717, 1.165) is 5.56 Å². The Hall–Kier alpha value is -2.38. The molecule has 0 bridgehead atoms. The van der Waals surface area contributed by atoms with Gasteiger partial charge in [-0.1, -0.05) is 35.9 Å². The van der Waals surface area contributed by atoms with Crippen LogP contribution in [-0.2, 0) is 10.0 Å². The zero-order chi connectivity index (χ0) is 16.2. The number of benzene rings is 2. The van der Waals surface area contributed by atoms with Crippen LogP contribution >= 0.6 is 0 Å². The van der Waals surface area contributed by atoms with E-state index in [9.17, 15) is 13.2 Å². The highest BCUT2D eigenvalue weighted by Gasteiger charge is 2.17. The predicted molar refractivity (Wildman–Crippen MR) is 91.2 cm³/mol. The molecule has 22 heavy (non-hydrogen) atoms. The summed E-state index contributed by atoms with van der Waals surface area (Å²) < 4.78 is 24.3. The van der Waals surface area contributed by atoms with Gasteiger partial charge in [0.25, 0.3) is 10.0 Å². The average molecular weight is 325 g/mol. The Morgan fingerprint density at radius 3 is 2.36 bits per heavy atom. The van der Waals surface area contributed by atoms with Crippen LogP contribution in [0.5, 0.6) is 0 Å². The summed E-state index contributed by atoms with van der Waals surface area (Å²) in [6.07, 6.45) is 0. The third kappa shape index (κ3) is 4.06. The highest BCUT2D eigenvalue weighted by atomic mass is 32.2. The van der Waals surface area contributed by atoms with E-state index in [2.05, 4.69) is 15.6 Å². The van der Waals surface area contributed by atoms with E-state index in [0.29, 0.717) is 11.3 Å². The van der Waals surface area contributed by atoms with Gasteiger partial charge in [0.15, 0.2) is 0 Å². The molecule has 0 spiro atoms. The van der Waals surface area contributed by atoms with E-state index in [1.807, 2.05) is 13.0 Å². The Labute approximate surface area is 134 Å². The van der Waals surface area contributed by atoms with Crippen molar-refractivity contribution in [3.8, 4) is 0 Å². The van der Waals surface area contributed by atoms with Crippen LogP contribution < -0.4 is 15.6 Å². The van der Waals surface area contributed by atoms with Crippen molar-refractivity contribution in [1.29, 1.82) is 0 Å². The van der Waals surface area contributed by atoms with Gasteiger partial charge in [-0.15, -0.1) is 4.83 Å². The number of rotatable bonds is 4. The highest BCUT2D eigenvalue weighted by molar-refractivity contribution is 7.89. The third-order valence-electron chi connectivity index (χ3n) is 2.95. The maximum Gasteiger partial charge on any atom is 0.334 e. The molecule has 2 aromatic carbocycles. The molecule has 0 radical (unpaired) electrons. The molecule has 0 saturated heterocycles. The molecular formula is C15H23N3O3S. The molecular weight excluding hydrogens is 302 g/mol. The number of carbonyl (C=O) groups excluding carboxylic acids is 1. The van der Waals surface area contributed by atoms with Gasteiger partial charge in [0.1, 0.15) is 0 Å². The number of para-hydroxylation sites is 1. The van der Waals surface area contributed by atoms with E-state index in [4.69, 9.17) is 0 Å². The molecule has 0 fully saturated rings. The van der Waals surface area contributed by atoms with Crippen molar-refractivity contribution in [2.75, 3.05) is 5.32 Å². The van der Waals surface area contributed by atoms with Crippen molar-refractivity contribution in [2.24, 2.45) is 0 Å². The third-order valence-corrected chi connectivity index (χ3v) is 4.36. The lowest BCUT2D eigenvalue weighted by Crippen LogP contribution is -2.43. The van der Waals surface area contributed by atoms with Gasteiger partial charge in [0, 0.05) is 9.97 Å². The van der Waals surface area contributed by atoms with Gasteiger partial charge in [0.2, 0.25) is 0 Å². The standard InChI is InChI=1S/C15H17N3O3S.3H2/c1-11-8-9-14(12(2)10-11)22(20,21)18-17-15(19)16-13-6-4-3-5-7-13;;;/h3-10,18H,1-2H3,(H2,16,17,19);3*1H. The van der Waals surface area contributed by atoms with Gasteiger partial charge in [-0.3, -0.25) is 5.43 Å². The largest absolute Gasteiger partial charge is 0.334 e. The molecule has 0 aliphatic carbocycles. The molecule has 0 saturated carbocycles. The van der Waals surface area contributed by atoms with Crippen LogP contribution in [0.1, 0.15) is 15.4 Å². The fourth-order valence-electron chi connectivity index (χ4n) is 1.95. The summed E-state index contributed by atoms with van der Waals surface area (Å²) in [6.45, 7) is 3.58. The quantitative estimate of drug-likeness (QED) is 0.755. The summed E-state index contributed by atoms with van der Waals surface area (Å²) in [7, 11) is -3.82. The molecule has 0 heterocycles. The Kier molecular flexibility index (Phi) is 4.79. The van der Waals surface area contributed by atoms with Crippen molar-refractivity contribution in [1.82, 2.24) is 10.3 Å². The Morgan fingerprint density at radius 2 is 1.73 bits per heavy atom. The first-order valence-corrected chi connectivity index (χ1v) is 8.08. The van der Waals surface area contributed by atoms with Gasteiger partial charge >= 0.3 is 6.03 Å². The fraction of sp³-hybridized carbons (Fsp3) is 0.133. The zero-order valence-electron chi connectivity index (χ0n) is 12.3. The lowest BCUT2D eigenvalue weighted by Gasteiger charge is -2.11. The summed E-state index contributed by atoms with van der Waals surface area (Å²) >= 11 is 0. The van der Waals surface area contributed by atoms with Crippen LogP contribution in [0.25, 0.3) is 0 Å². The van der Waals surface area contributed by atoms with Gasteiger partial charge < -0.3 is 5.32 Å². The molecule has 2 rings (SSSR count).